The first-order chi connectivity index (χ1) is 7.47. The summed E-state index contributed by atoms with van der Waals surface area (Å²) < 4.78 is 0. The Labute approximate surface area is 106 Å². The van der Waals surface area contributed by atoms with Crippen molar-refractivity contribution in [1.29, 1.82) is 0 Å². The average Bonchev–Trinajstić information content (AvgIpc) is 2.16. The van der Waals surface area contributed by atoms with Crippen LogP contribution in [0, 0.1) is 0 Å². The summed E-state index contributed by atoms with van der Waals surface area (Å²) in [7, 11) is 0. The molecule has 0 fully saturated rings. The minimum Gasteiger partial charge on any atom is -0.508 e. The van der Waals surface area contributed by atoms with Gasteiger partial charge in [-0.25, -0.2) is 0 Å². The minimum absolute atomic E-state index is 0. The Morgan fingerprint density at radius 3 is 2.06 bits per heavy atom. The second-order valence-corrected chi connectivity index (χ2v) is 3.78. The van der Waals surface area contributed by atoms with Gasteiger partial charge in [0.1, 0.15) is 17.2 Å². The van der Waals surface area contributed by atoms with Gasteiger partial charge in [-0.15, -0.1) is 12.4 Å². The molecule has 0 amide bonds. The van der Waals surface area contributed by atoms with Gasteiger partial charge in [0.15, 0.2) is 0 Å². The molecule has 0 bridgehead atoms. The molecule has 17 heavy (non-hydrogen) atoms. The number of aliphatic hydroxyl groups excluding tert-OH is 1. The fourth-order valence-corrected chi connectivity index (χ4v) is 1.62. The molecular formula is C11H18ClNO4. The van der Waals surface area contributed by atoms with Crippen molar-refractivity contribution < 1.29 is 20.4 Å². The van der Waals surface area contributed by atoms with E-state index in [-0.39, 0.29) is 35.2 Å². The zero-order valence-electron chi connectivity index (χ0n) is 9.50. The van der Waals surface area contributed by atoms with E-state index in [2.05, 4.69) is 0 Å². The van der Waals surface area contributed by atoms with Crippen molar-refractivity contribution in [3.8, 4) is 17.2 Å². The van der Waals surface area contributed by atoms with E-state index >= 15 is 0 Å². The molecule has 0 radical (unpaired) electrons. The van der Waals surface area contributed by atoms with Gasteiger partial charge in [-0.3, -0.25) is 0 Å². The van der Waals surface area contributed by atoms with Gasteiger partial charge in [0.05, 0.1) is 17.7 Å². The first-order valence-electron chi connectivity index (χ1n) is 5.15. The number of benzene rings is 1. The molecule has 6 N–H and O–H groups in total. The van der Waals surface area contributed by atoms with E-state index in [0.29, 0.717) is 6.42 Å². The van der Waals surface area contributed by atoms with Crippen LogP contribution in [0.1, 0.15) is 31.4 Å². The van der Waals surface area contributed by atoms with E-state index in [1.54, 1.807) is 0 Å². The number of rotatable bonds is 4. The van der Waals surface area contributed by atoms with Crippen molar-refractivity contribution in [3.05, 3.63) is 17.7 Å². The van der Waals surface area contributed by atoms with E-state index in [9.17, 15) is 15.3 Å². The lowest BCUT2D eigenvalue weighted by atomic mass is 9.97. The third kappa shape index (κ3) is 3.66. The van der Waals surface area contributed by atoms with Gasteiger partial charge in [-0.05, 0) is 6.42 Å². The van der Waals surface area contributed by atoms with Crippen LogP contribution in [0.3, 0.4) is 0 Å². The highest BCUT2D eigenvalue weighted by molar-refractivity contribution is 5.85. The Balaban J connectivity index is 0.00000256. The lowest BCUT2D eigenvalue weighted by Crippen LogP contribution is -2.26. The topological polar surface area (TPSA) is 107 Å². The van der Waals surface area contributed by atoms with Crippen molar-refractivity contribution in [3.63, 3.8) is 0 Å². The lowest BCUT2D eigenvalue weighted by molar-refractivity contribution is 0.132. The van der Waals surface area contributed by atoms with Crippen LogP contribution in [0.4, 0.5) is 0 Å². The predicted octanol–water partition coefficient (Wildman–Crippen LogP) is 1.39. The molecule has 1 rings (SSSR count). The number of aromatic hydroxyl groups is 3. The van der Waals surface area contributed by atoms with Gasteiger partial charge in [0.25, 0.3) is 0 Å². The number of nitrogens with two attached hydrogens (primary N) is 1. The maximum absolute atomic E-state index is 9.68. The third-order valence-corrected chi connectivity index (χ3v) is 2.45. The Morgan fingerprint density at radius 2 is 1.65 bits per heavy atom. The van der Waals surface area contributed by atoms with Crippen LogP contribution in [0.2, 0.25) is 0 Å². The molecule has 0 aliphatic carbocycles. The van der Waals surface area contributed by atoms with Crippen LogP contribution in [-0.4, -0.2) is 26.5 Å². The zero-order chi connectivity index (χ0) is 12.3. The number of hydrogen-bond donors (Lipinski definition) is 5. The van der Waals surface area contributed by atoms with Crippen LogP contribution in [0.5, 0.6) is 17.2 Å². The first-order valence-corrected chi connectivity index (χ1v) is 5.15. The maximum atomic E-state index is 9.68. The van der Waals surface area contributed by atoms with E-state index in [0.717, 1.165) is 18.6 Å². The number of phenolic OH excluding ortho intramolecular Hbond substituents is 3. The molecule has 0 saturated carbocycles. The molecule has 0 aliphatic rings. The molecule has 2 atom stereocenters. The molecule has 0 saturated heterocycles. The SMILES string of the molecule is CCC[C@@H](O)[C@@H](N)c1c(O)cc(O)cc1O.Cl. The Kier molecular flexibility index (Phi) is 6.09. The number of aliphatic hydroxyl groups is 1. The van der Waals surface area contributed by atoms with Crippen molar-refractivity contribution in [1.82, 2.24) is 0 Å². The quantitative estimate of drug-likeness (QED) is 0.564. The van der Waals surface area contributed by atoms with Gasteiger partial charge < -0.3 is 26.2 Å². The molecule has 0 heterocycles. The standard InChI is InChI=1S/C11H17NO4.ClH/c1-2-3-7(14)11(12)10-8(15)4-6(13)5-9(10)16;/h4-5,7,11,13-16H,2-3,12H2,1H3;1H/t7-,11-;/m1./s1. The maximum Gasteiger partial charge on any atom is 0.127 e. The number of halogens is 1. The monoisotopic (exact) mass is 263 g/mol. The summed E-state index contributed by atoms with van der Waals surface area (Å²) in [5, 5.41) is 37.9. The highest BCUT2D eigenvalue weighted by Crippen LogP contribution is 2.37. The largest absolute Gasteiger partial charge is 0.508 e. The molecule has 0 aromatic heterocycles. The van der Waals surface area contributed by atoms with Crippen LogP contribution in [-0.2, 0) is 0 Å². The second-order valence-electron chi connectivity index (χ2n) is 3.78. The first kappa shape index (κ1) is 15.8. The summed E-state index contributed by atoms with van der Waals surface area (Å²) in [4.78, 5) is 0. The molecular weight excluding hydrogens is 246 g/mol. The Morgan fingerprint density at radius 1 is 1.18 bits per heavy atom. The van der Waals surface area contributed by atoms with E-state index in [1.807, 2.05) is 6.92 Å². The number of hydrogen-bond acceptors (Lipinski definition) is 5. The molecule has 5 nitrogen and oxygen atoms in total. The normalized spacial score (nSPS) is 13.8. The van der Waals surface area contributed by atoms with Crippen molar-refractivity contribution in [2.75, 3.05) is 0 Å². The predicted molar refractivity (Wildman–Crippen MR) is 66.5 cm³/mol. The zero-order valence-corrected chi connectivity index (χ0v) is 10.3. The number of phenols is 3. The van der Waals surface area contributed by atoms with Crippen LogP contribution in [0.25, 0.3) is 0 Å². The minimum atomic E-state index is -0.874. The van der Waals surface area contributed by atoms with E-state index in [1.165, 1.54) is 0 Å². The molecule has 1 aromatic carbocycles. The van der Waals surface area contributed by atoms with Crippen LogP contribution in [0.15, 0.2) is 12.1 Å². The smallest absolute Gasteiger partial charge is 0.127 e. The fourth-order valence-electron chi connectivity index (χ4n) is 1.62. The highest BCUT2D eigenvalue weighted by Gasteiger charge is 2.23. The highest BCUT2D eigenvalue weighted by atomic mass is 35.5. The molecule has 0 unspecified atom stereocenters. The Bertz CT molecular complexity index is 349. The van der Waals surface area contributed by atoms with Crippen LogP contribution >= 0.6 is 12.4 Å². The van der Waals surface area contributed by atoms with Crippen LogP contribution < -0.4 is 5.73 Å². The van der Waals surface area contributed by atoms with Gasteiger partial charge in [-0.2, -0.15) is 0 Å². The van der Waals surface area contributed by atoms with E-state index in [4.69, 9.17) is 10.8 Å². The van der Waals surface area contributed by atoms with Gasteiger partial charge in [-0.1, -0.05) is 13.3 Å². The van der Waals surface area contributed by atoms with Crippen molar-refractivity contribution in [2.45, 2.75) is 31.9 Å². The van der Waals surface area contributed by atoms with Crippen molar-refractivity contribution in [2.24, 2.45) is 5.73 Å². The molecule has 0 aliphatic heterocycles. The van der Waals surface area contributed by atoms with Gasteiger partial charge >= 0.3 is 0 Å². The van der Waals surface area contributed by atoms with E-state index < -0.39 is 12.1 Å². The van der Waals surface area contributed by atoms with Crippen molar-refractivity contribution >= 4 is 12.4 Å². The lowest BCUT2D eigenvalue weighted by Gasteiger charge is -2.20. The molecule has 6 heteroatoms. The summed E-state index contributed by atoms with van der Waals surface area (Å²) in [6, 6.07) is 1.28. The summed E-state index contributed by atoms with van der Waals surface area (Å²) in [5.41, 5.74) is 5.78. The Hall–Kier alpha value is -1.17. The molecule has 98 valence electrons. The fraction of sp³-hybridized carbons (Fsp3) is 0.455. The molecule has 1 aromatic rings. The summed E-state index contributed by atoms with van der Waals surface area (Å²) in [6.07, 6.45) is 0.376. The average molecular weight is 264 g/mol. The van der Waals surface area contributed by atoms with Gasteiger partial charge in [0, 0.05) is 12.1 Å². The summed E-state index contributed by atoms with van der Waals surface area (Å²) in [5.74, 6) is -0.892. The summed E-state index contributed by atoms with van der Waals surface area (Å²) >= 11 is 0. The summed E-state index contributed by atoms with van der Waals surface area (Å²) in [6.45, 7) is 1.90. The molecule has 0 spiro atoms. The van der Waals surface area contributed by atoms with Gasteiger partial charge in [0.2, 0.25) is 0 Å². The third-order valence-electron chi connectivity index (χ3n) is 2.45. The second kappa shape index (κ2) is 6.54.